The Labute approximate surface area is 119 Å². The number of methoxy groups -OCH3 is 2. The molecular weight excluding hydrogens is 248 g/mol. The molecule has 0 bridgehead atoms. The van der Waals surface area contributed by atoms with Crippen LogP contribution >= 0.6 is 0 Å². The van der Waals surface area contributed by atoms with Crippen LogP contribution in [0, 0.1) is 0 Å². The molecule has 0 unspecified atom stereocenters. The first kappa shape index (κ1) is 13.8. The first-order valence-electron chi connectivity index (χ1n) is 6.22. The smallest absolute Gasteiger partial charge is 0.118 e. The molecule has 0 radical (unpaired) electrons. The minimum absolute atomic E-state index is 0.824. The summed E-state index contributed by atoms with van der Waals surface area (Å²) in [5, 5.41) is 0. The summed E-state index contributed by atoms with van der Waals surface area (Å²) in [5.74, 6) is 1.65. The van der Waals surface area contributed by atoms with E-state index in [1.165, 1.54) is 0 Å². The van der Waals surface area contributed by atoms with Crippen molar-refractivity contribution in [1.29, 1.82) is 0 Å². The van der Waals surface area contributed by atoms with Crippen molar-refractivity contribution in [3.05, 3.63) is 77.7 Å². The van der Waals surface area contributed by atoms with Gasteiger partial charge in [0.05, 0.1) is 14.2 Å². The summed E-state index contributed by atoms with van der Waals surface area (Å²) < 4.78 is 10.3. The Bertz CT molecular complexity index is 604. The second-order valence-corrected chi connectivity index (χ2v) is 4.13. The Balaban J connectivity index is 2.45. The number of rotatable bonds is 4. The van der Waals surface area contributed by atoms with Crippen molar-refractivity contribution < 1.29 is 9.47 Å². The van der Waals surface area contributed by atoms with Crippen LogP contribution in [0.15, 0.2) is 66.6 Å². The zero-order valence-corrected chi connectivity index (χ0v) is 11.6. The van der Waals surface area contributed by atoms with Gasteiger partial charge in [-0.05, 0) is 42.0 Å². The number of hydrogen-bond acceptors (Lipinski definition) is 2. The molecule has 2 aromatic carbocycles. The third kappa shape index (κ3) is 3.02. The molecule has 2 rings (SSSR count). The summed E-state index contributed by atoms with van der Waals surface area (Å²) >= 11 is 0. The topological polar surface area (TPSA) is 18.5 Å². The molecule has 0 heterocycles. The number of hydrogen-bond donors (Lipinski definition) is 0. The lowest BCUT2D eigenvalue weighted by molar-refractivity contribution is 0.414. The summed E-state index contributed by atoms with van der Waals surface area (Å²) in [4.78, 5) is 0. The van der Waals surface area contributed by atoms with Crippen molar-refractivity contribution in [2.24, 2.45) is 0 Å². The van der Waals surface area contributed by atoms with E-state index in [9.17, 15) is 0 Å². The van der Waals surface area contributed by atoms with Crippen molar-refractivity contribution in [3.8, 4) is 11.5 Å². The fraction of sp³-hybridized carbons (Fsp3) is 0.111. The van der Waals surface area contributed by atoms with Crippen molar-refractivity contribution in [2.75, 3.05) is 14.2 Å². The second-order valence-electron chi connectivity index (χ2n) is 4.13. The highest BCUT2D eigenvalue weighted by molar-refractivity contribution is 5.79. The van der Waals surface area contributed by atoms with Gasteiger partial charge in [0.2, 0.25) is 0 Å². The van der Waals surface area contributed by atoms with Crippen molar-refractivity contribution in [1.82, 2.24) is 0 Å². The van der Waals surface area contributed by atoms with Crippen LogP contribution in [0.2, 0.25) is 0 Å². The molecule has 0 saturated heterocycles. The van der Waals surface area contributed by atoms with E-state index in [0.717, 1.165) is 28.2 Å². The maximum Gasteiger partial charge on any atom is 0.118 e. The Morgan fingerprint density at radius 3 is 1.50 bits per heavy atom. The Hall–Kier alpha value is -2.66. The lowest BCUT2D eigenvalue weighted by Gasteiger charge is -2.07. The van der Waals surface area contributed by atoms with Crippen molar-refractivity contribution in [3.63, 3.8) is 0 Å². The molecule has 2 heteroatoms. The van der Waals surface area contributed by atoms with E-state index in [-0.39, 0.29) is 0 Å². The van der Waals surface area contributed by atoms with Crippen molar-refractivity contribution >= 4 is 5.57 Å². The van der Waals surface area contributed by atoms with Crippen LogP contribution in [0.4, 0.5) is 0 Å². The standard InChI is InChI=1S/C18H16O2/c1-4-5-18(14-6-10-16(19-2)11-7-14)15-8-12-17(20-3)13-9-15/h6-13H,1H2,2-3H3. The number of benzene rings is 2. The van der Waals surface area contributed by atoms with E-state index in [4.69, 9.17) is 9.47 Å². The van der Waals surface area contributed by atoms with Gasteiger partial charge in [0.15, 0.2) is 0 Å². The van der Waals surface area contributed by atoms with E-state index in [1.54, 1.807) is 14.2 Å². The van der Waals surface area contributed by atoms with Crippen LogP contribution in [0.3, 0.4) is 0 Å². The van der Waals surface area contributed by atoms with Crippen LogP contribution in [0.5, 0.6) is 11.5 Å². The molecule has 0 amide bonds. The molecule has 0 aromatic heterocycles. The van der Waals surface area contributed by atoms with Crippen LogP contribution in [0.25, 0.3) is 5.57 Å². The molecule has 0 aliphatic carbocycles. The molecule has 0 aliphatic rings. The van der Waals surface area contributed by atoms with Gasteiger partial charge in [0.25, 0.3) is 0 Å². The molecule has 0 aliphatic heterocycles. The van der Waals surface area contributed by atoms with Gasteiger partial charge in [0, 0.05) is 5.57 Å². The van der Waals surface area contributed by atoms with Crippen LogP contribution in [0.1, 0.15) is 11.1 Å². The predicted octanol–water partition coefficient (Wildman–Crippen LogP) is 4.08. The van der Waals surface area contributed by atoms with Crippen molar-refractivity contribution in [2.45, 2.75) is 0 Å². The zero-order valence-electron chi connectivity index (χ0n) is 11.6. The summed E-state index contributed by atoms with van der Waals surface area (Å²) in [7, 11) is 3.30. The van der Waals surface area contributed by atoms with Gasteiger partial charge in [-0.15, -0.1) is 0 Å². The summed E-state index contributed by atoms with van der Waals surface area (Å²) in [5.41, 5.74) is 8.79. The molecule has 0 spiro atoms. The van der Waals surface area contributed by atoms with Gasteiger partial charge in [-0.2, -0.15) is 0 Å². The second kappa shape index (κ2) is 6.49. The minimum atomic E-state index is 0.824. The Morgan fingerprint density at radius 1 is 0.800 bits per heavy atom. The van der Waals surface area contributed by atoms with Gasteiger partial charge < -0.3 is 9.47 Å². The first-order chi connectivity index (χ1) is 9.78. The van der Waals surface area contributed by atoms with Crippen LogP contribution in [-0.2, 0) is 0 Å². The lowest BCUT2D eigenvalue weighted by Crippen LogP contribution is -1.89. The highest BCUT2D eigenvalue weighted by Crippen LogP contribution is 2.25. The predicted molar refractivity (Wildman–Crippen MR) is 81.2 cm³/mol. The Morgan fingerprint density at radius 2 is 1.20 bits per heavy atom. The van der Waals surface area contributed by atoms with Gasteiger partial charge >= 0.3 is 0 Å². The molecule has 2 nitrogen and oxygen atoms in total. The first-order valence-corrected chi connectivity index (χ1v) is 6.22. The molecule has 2 aromatic rings. The highest BCUT2D eigenvalue weighted by Gasteiger charge is 2.05. The van der Waals surface area contributed by atoms with Gasteiger partial charge in [0.1, 0.15) is 11.5 Å². The Kier molecular flexibility index (Phi) is 4.47. The molecule has 0 fully saturated rings. The van der Waals surface area contributed by atoms with E-state index in [1.807, 2.05) is 48.5 Å². The molecule has 100 valence electrons. The molecule has 0 atom stereocenters. The lowest BCUT2D eigenvalue weighted by atomic mass is 9.98. The van der Waals surface area contributed by atoms with Gasteiger partial charge in [-0.3, -0.25) is 0 Å². The fourth-order valence-electron chi connectivity index (χ4n) is 1.91. The zero-order chi connectivity index (χ0) is 14.4. The van der Waals surface area contributed by atoms with E-state index in [2.05, 4.69) is 18.0 Å². The summed E-state index contributed by atoms with van der Waals surface area (Å²) in [6.45, 7) is 3.61. The average Bonchev–Trinajstić information content (AvgIpc) is 2.53. The monoisotopic (exact) mass is 264 g/mol. The molecular formula is C18H16O2. The third-order valence-corrected chi connectivity index (χ3v) is 2.97. The van der Waals surface area contributed by atoms with Crippen LogP contribution in [-0.4, -0.2) is 14.2 Å². The van der Waals surface area contributed by atoms with Crippen LogP contribution < -0.4 is 9.47 Å². The molecule has 20 heavy (non-hydrogen) atoms. The largest absolute Gasteiger partial charge is 0.497 e. The molecule has 0 saturated carbocycles. The maximum atomic E-state index is 5.17. The highest BCUT2D eigenvalue weighted by atomic mass is 16.5. The van der Waals surface area contributed by atoms with E-state index in [0.29, 0.717) is 0 Å². The number of ether oxygens (including phenoxy) is 2. The summed E-state index contributed by atoms with van der Waals surface area (Å²) in [6.07, 6.45) is 0. The van der Waals surface area contributed by atoms with Gasteiger partial charge in [-0.25, -0.2) is 0 Å². The maximum absolute atomic E-state index is 5.17. The SMILES string of the molecule is C=C=C=C(c1ccc(OC)cc1)c1ccc(OC)cc1. The third-order valence-electron chi connectivity index (χ3n) is 2.97. The molecule has 0 N–H and O–H groups in total. The van der Waals surface area contributed by atoms with E-state index < -0.39 is 0 Å². The van der Waals surface area contributed by atoms with E-state index >= 15 is 0 Å². The average molecular weight is 264 g/mol. The van der Waals surface area contributed by atoms with Gasteiger partial charge in [-0.1, -0.05) is 35.7 Å². The summed E-state index contributed by atoms with van der Waals surface area (Å²) in [6, 6.07) is 15.6. The fourth-order valence-corrected chi connectivity index (χ4v) is 1.91. The quantitative estimate of drug-likeness (QED) is 0.775. The normalized spacial score (nSPS) is 9.30. The minimum Gasteiger partial charge on any atom is -0.497 e.